The third kappa shape index (κ3) is 11.0. The average Bonchev–Trinajstić information content (AvgIpc) is 3.22. The Morgan fingerprint density at radius 2 is 0.635 bits per heavy atom. The van der Waals surface area contributed by atoms with Crippen molar-refractivity contribution in [2.75, 3.05) is 0 Å². The van der Waals surface area contributed by atoms with Gasteiger partial charge in [0.1, 0.15) is 11.5 Å². The molecule has 0 aliphatic heterocycles. The summed E-state index contributed by atoms with van der Waals surface area (Å²) in [5, 5.41) is 20.4. The summed E-state index contributed by atoms with van der Waals surface area (Å²) < 4.78 is 0. The molecule has 0 radical (unpaired) electrons. The SMILES string of the molecule is O=C(/C=C/c1ccccc1)c1ccccc1.O=C(/C=C/c1ccccc1)c1ccccc1.Oc1cc(-c2ccccc2)c(O)cc1-c1ccccc1. The van der Waals surface area contributed by atoms with Crippen LogP contribution in [0.15, 0.2) is 206 Å². The number of hydrogen-bond donors (Lipinski definition) is 2. The van der Waals surface area contributed by atoms with Crippen molar-refractivity contribution in [3.05, 3.63) is 229 Å². The Morgan fingerprint density at radius 1 is 0.365 bits per heavy atom. The van der Waals surface area contributed by atoms with E-state index < -0.39 is 0 Å². The minimum atomic E-state index is 0.0319. The zero-order valence-corrected chi connectivity index (χ0v) is 28.5. The van der Waals surface area contributed by atoms with Crippen LogP contribution in [0.5, 0.6) is 11.5 Å². The number of aromatic hydroxyl groups is 2. The molecular formula is C48H38O4. The maximum Gasteiger partial charge on any atom is 0.185 e. The van der Waals surface area contributed by atoms with Crippen molar-refractivity contribution in [1.29, 1.82) is 0 Å². The molecule has 4 heteroatoms. The fraction of sp³-hybridized carbons (Fsp3) is 0. The first-order valence-corrected chi connectivity index (χ1v) is 16.8. The molecule has 0 aromatic heterocycles. The van der Waals surface area contributed by atoms with Gasteiger partial charge in [-0.3, -0.25) is 9.59 Å². The highest BCUT2D eigenvalue weighted by molar-refractivity contribution is 6.07. The molecule has 2 N–H and O–H groups in total. The van der Waals surface area contributed by atoms with E-state index in [9.17, 15) is 19.8 Å². The lowest BCUT2D eigenvalue weighted by atomic mass is 9.98. The fourth-order valence-corrected chi connectivity index (χ4v) is 5.14. The molecule has 0 aliphatic rings. The predicted molar refractivity (Wildman–Crippen MR) is 213 cm³/mol. The fourth-order valence-electron chi connectivity index (χ4n) is 5.14. The van der Waals surface area contributed by atoms with Crippen LogP contribution in [0.4, 0.5) is 0 Å². The van der Waals surface area contributed by atoms with E-state index in [0.29, 0.717) is 11.1 Å². The summed E-state index contributed by atoms with van der Waals surface area (Å²) in [7, 11) is 0. The van der Waals surface area contributed by atoms with Crippen LogP contribution >= 0.6 is 0 Å². The van der Waals surface area contributed by atoms with Gasteiger partial charge in [0.25, 0.3) is 0 Å². The lowest BCUT2D eigenvalue weighted by Crippen LogP contribution is -1.92. The Kier molecular flexibility index (Phi) is 13.4. The molecule has 0 amide bonds. The second-order valence-corrected chi connectivity index (χ2v) is 11.6. The lowest BCUT2D eigenvalue weighted by Gasteiger charge is -2.10. The van der Waals surface area contributed by atoms with Crippen molar-refractivity contribution in [3.63, 3.8) is 0 Å². The second-order valence-electron chi connectivity index (χ2n) is 11.6. The third-order valence-corrected chi connectivity index (χ3v) is 7.85. The summed E-state index contributed by atoms with van der Waals surface area (Å²) >= 11 is 0. The first-order chi connectivity index (χ1) is 25.5. The van der Waals surface area contributed by atoms with Crippen molar-refractivity contribution in [2.24, 2.45) is 0 Å². The number of ketones is 2. The van der Waals surface area contributed by atoms with E-state index >= 15 is 0 Å². The van der Waals surface area contributed by atoms with Gasteiger partial charge in [0.2, 0.25) is 0 Å². The van der Waals surface area contributed by atoms with E-state index in [1.807, 2.05) is 194 Å². The van der Waals surface area contributed by atoms with Gasteiger partial charge < -0.3 is 10.2 Å². The zero-order valence-electron chi connectivity index (χ0n) is 28.5. The number of hydrogen-bond acceptors (Lipinski definition) is 4. The second kappa shape index (κ2) is 19.2. The van der Waals surface area contributed by atoms with Crippen LogP contribution in [0, 0.1) is 0 Å². The molecule has 0 unspecified atom stereocenters. The third-order valence-electron chi connectivity index (χ3n) is 7.85. The molecule has 0 aliphatic carbocycles. The van der Waals surface area contributed by atoms with Crippen LogP contribution in [-0.4, -0.2) is 21.8 Å². The van der Waals surface area contributed by atoms with E-state index in [1.54, 1.807) is 24.3 Å². The number of phenolic OH excluding ortho intramolecular Hbond substituents is 2. The number of rotatable bonds is 8. The summed E-state index contributed by atoms with van der Waals surface area (Å²) in [6.45, 7) is 0. The van der Waals surface area contributed by atoms with Crippen LogP contribution in [0.25, 0.3) is 34.4 Å². The maximum absolute atomic E-state index is 11.7. The van der Waals surface area contributed by atoms with Crippen molar-refractivity contribution in [3.8, 4) is 33.8 Å². The minimum absolute atomic E-state index is 0.0319. The molecule has 7 aromatic carbocycles. The van der Waals surface area contributed by atoms with E-state index in [-0.39, 0.29) is 23.1 Å². The average molecular weight is 679 g/mol. The van der Waals surface area contributed by atoms with Gasteiger partial charge in [-0.15, -0.1) is 0 Å². The highest BCUT2D eigenvalue weighted by Crippen LogP contribution is 2.39. The molecule has 52 heavy (non-hydrogen) atoms. The maximum atomic E-state index is 11.7. The highest BCUT2D eigenvalue weighted by atomic mass is 16.3. The molecular weight excluding hydrogens is 641 g/mol. The molecule has 7 rings (SSSR count). The van der Waals surface area contributed by atoms with Gasteiger partial charge in [0.05, 0.1) is 0 Å². The van der Waals surface area contributed by atoms with Crippen LogP contribution in [0.2, 0.25) is 0 Å². The van der Waals surface area contributed by atoms with E-state index in [2.05, 4.69) is 0 Å². The van der Waals surface area contributed by atoms with Gasteiger partial charge >= 0.3 is 0 Å². The molecule has 0 heterocycles. The number of phenols is 2. The molecule has 0 bridgehead atoms. The van der Waals surface area contributed by atoms with E-state index in [0.717, 1.165) is 33.4 Å². The molecule has 0 fully saturated rings. The summed E-state index contributed by atoms with van der Waals surface area (Å²) in [6, 6.07) is 60.3. The Labute approximate surface area is 305 Å². The summed E-state index contributed by atoms with van der Waals surface area (Å²) in [5.41, 5.74) is 6.51. The Balaban J connectivity index is 0.000000152. The number of benzene rings is 7. The van der Waals surface area contributed by atoms with Crippen molar-refractivity contribution in [1.82, 2.24) is 0 Å². The first-order valence-electron chi connectivity index (χ1n) is 16.8. The van der Waals surface area contributed by atoms with E-state index in [4.69, 9.17) is 0 Å². The van der Waals surface area contributed by atoms with Gasteiger partial charge in [-0.25, -0.2) is 0 Å². The number of carbonyl (C=O) groups is 2. The molecule has 254 valence electrons. The topological polar surface area (TPSA) is 74.6 Å². The first kappa shape index (κ1) is 36.2. The molecule has 7 aromatic rings. The monoisotopic (exact) mass is 678 g/mol. The van der Waals surface area contributed by atoms with Gasteiger partial charge in [0.15, 0.2) is 11.6 Å². The van der Waals surface area contributed by atoms with Gasteiger partial charge in [-0.2, -0.15) is 0 Å². The molecule has 0 atom stereocenters. The zero-order chi connectivity index (χ0) is 36.4. The van der Waals surface area contributed by atoms with Crippen molar-refractivity contribution >= 4 is 23.7 Å². The van der Waals surface area contributed by atoms with Crippen molar-refractivity contribution < 1.29 is 19.8 Å². The predicted octanol–water partition coefficient (Wildman–Crippen LogP) is 11.6. The van der Waals surface area contributed by atoms with Crippen molar-refractivity contribution in [2.45, 2.75) is 0 Å². The van der Waals surface area contributed by atoms with Crippen LogP contribution < -0.4 is 0 Å². The highest BCUT2D eigenvalue weighted by Gasteiger charge is 2.11. The van der Waals surface area contributed by atoms with Crippen LogP contribution in [0.3, 0.4) is 0 Å². The van der Waals surface area contributed by atoms with Crippen LogP contribution in [-0.2, 0) is 0 Å². The Morgan fingerprint density at radius 3 is 0.942 bits per heavy atom. The Bertz CT molecular complexity index is 2030. The molecule has 0 saturated heterocycles. The standard InChI is InChI=1S/C18H14O2.2C15H12O/c19-17-12-16(14-9-5-2-6-10-14)18(20)11-15(17)13-7-3-1-4-8-13;2*16-15(14-9-5-2-6-10-14)12-11-13-7-3-1-4-8-13/h1-12,19-20H;2*1-12H/b;2*12-11+. The van der Waals surface area contributed by atoms with Gasteiger partial charge in [-0.05, 0) is 46.5 Å². The van der Waals surface area contributed by atoms with E-state index in [1.165, 1.54) is 0 Å². The summed E-state index contributed by atoms with van der Waals surface area (Å²) in [6.07, 6.45) is 6.86. The van der Waals surface area contributed by atoms with Gasteiger partial charge in [0, 0.05) is 22.3 Å². The summed E-state index contributed by atoms with van der Waals surface area (Å²) in [4.78, 5) is 23.5. The molecule has 0 spiro atoms. The number of carbonyl (C=O) groups excluding carboxylic acids is 2. The quantitative estimate of drug-likeness (QED) is 0.0953. The van der Waals surface area contributed by atoms with Crippen LogP contribution in [0.1, 0.15) is 31.8 Å². The molecule has 0 saturated carbocycles. The normalized spacial score (nSPS) is 10.5. The minimum Gasteiger partial charge on any atom is -0.507 e. The molecule has 4 nitrogen and oxygen atoms in total. The number of allylic oxidation sites excluding steroid dienone is 2. The largest absolute Gasteiger partial charge is 0.507 e. The smallest absolute Gasteiger partial charge is 0.185 e. The Hall–Kier alpha value is -7.04. The summed E-state index contributed by atoms with van der Waals surface area (Å²) in [5.74, 6) is 0.384. The van der Waals surface area contributed by atoms with Gasteiger partial charge in [-0.1, -0.05) is 194 Å². The lowest BCUT2D eigenvalue weighted by molar-refractivity contribution is 0.103.